The van der Waals surface area contributed by atoms with Gasteiger partial charge in [0.05, 0.1) is 15.6 Å². The third-order valence-corrected chi connectivity index (χ3v) is 7.14. The highest BCUT2D eigenvalue weighted by Gasteiger charge is 2.22. The van der Waals surface area contributed by atoms with Crippen LogP contribution in [-0.2, 0) is 4.79 Å². The number of carbonyl (C=O) groups is 2. The summed E-state index contributed by atoms with van der Waals surface area (Å²) in [7, 11) is 0. The summed E-state index contributed by atoms with van der Waals surface area (Å²) in [5.41, 5.74) is 3.05. The Balaban J connectivity index is 1.55. The molecule has 1 aromatic carbocycles. The van der Waals surface area contributed by atoms with E-state index in [9.17, 15) is 9.59 Å². The molecular weight excluding hydrogens is 390 g/mol. The first kappa shape index (κ1) is 20.9. The van der Waals surface area contributed by atoms with Crippen molar-refractivity contribution >= 4 is 40.6 Å². The zero-order chi connectivity index (χ0) is 20.1. The first-order valence-corrected chi connectivity index (χ1v) is 11.5. The van der Waals surface area contributed by atoms with Gasteiger partial charge in [0.2, 0.25) is 5.91 Å². The maximum Gasteiger partial charge on any atom is 0.264 e. The molecule has 0 atom stereocenters. The third-order valence-electron chi connectivity index (χ3n) is 4.98. The van der Waals surface area contributed by atoms with Gasteiger partial charge in [-0.3, -0.25) is 14.5 Å². The van der Waals surface area contributed by atoms with Gasteiger partial charge >= 0.3 is 0 Å². The number of aryl methyl sites for hydroxylation is 2. The molecule has 0 aliphatic carbocycles. The van der Waals surface area contributed by atoms with Gasteiger partial charge in [-0.15, -0.1) is 23.1 Å². The highest BCUT2D eigenvalue weighted by atomic mass is 32.2. The molecule has 1 aliphatic rings. The third kappa shape index (κ3) is 5.16. The molecule has 3 rings (SSSR count). The van der Waals surface area contributed by atoms with Crippen molar-refractivity contribution in [2.75, 3.05) is 44.3 Å². The Morgan fingerprint density at radius 2 is 1.82 bits per heavy atom. The molecule has 1 aliphatic heterocycles. The Kier molecular flexibility index (Phi) is 7.15. The molecule has 1 fully saturated rings. The molecule has 0 unspecified atom stereocenters. The van der Waals surface area contributed by atoms with Crippen molar-refractivity contribution in [3.8, 4) is 0 Å². The molecule has 7 heteroatoms. The SMILES string of the molecule is CSc1ccc(C(=O)N2CCCN(CC(=O)Nc3c(C)cccc3C)CC2)s1. The van der Waals surface area contributed by atoms with Gasteiger partial charge in [0.15, 0.2) is 0 Å². The molecule has 1 aromatic heterocycles. The summed E-state index contributed by atoms with van der Waals surface area (Å²) >= 11 is 3.21. The van der Waals surface area contributed by atoms with Crippen LogP contribution in [0, 0.1) is 13.8 Å². The fourth-order valence-electron chi connectivity index (χ4n) is 3.43. The first-order valence-electron chi connectivity index (χ1n) is 9.49. The summed E-state index contributed by atoms with van der Waals surface area (Å²) < 4.78 is 1.16. The number of amides is 2. The van der Waals surface area contributed by atoms with Crippen molar-refractivity contribution in [3.05, 3.63) is 46.3 Å². The lowest BCUT2D eigenvalue weighted by molar-refractivity contribution is -0.117. The second-order valence-corrected chi connectivity index (χ2v) is 9.25. The summed E-state index contributed by atoms with van der Waals surface area (Å²) in [6.07, 6.45) is 2.90. The lowest BCUT2D eigenvalue weighted by Gasteiger charge is -2.21. The van der Waals surface area contributed by atoms with Crippen LogP contribution < -0.4 is 5.32 Å². The highest BCUT2D eigenvalue weighted by molar-refractivity contribution is 8.00. The number of rotatable bonds is 5. The van der Waals surface area contributed by atoms with Gasteiger partial charge in [-0.2, -0.15) is 0 Å². The zero-order valence-corrected chi connectivity index (χ0v) is 18.3. The number of thiophene rings is 1. The number of anilines is 1. The van der Waals surface area contributed by atoms with Gasteiger partial charge in [0, 0.05) is 31.9 Å². The van der Waals surface area contributed by atoms with Gasteiger partial charge in [-0.05, 0) is 49.8 Å². The quantitative estimate of drug-likeness (QED) is 0.751. The molecule has 0 spiro atoms. The van der Waals surface area contributed by atoms with E-state index < -0.39 is 0 Å². The maximum absolute atomic E-state index is 12.8. The monoisotopic (exact) mass is 417 g/mol. The highest BCUT2D eigenvalue weighted by Crippen LogP contribution is 2.26. The predicted molar refractivity (Wildman–Crippen MR) is 118 cm³/mol. The molecular formula is C21H27N3O2S2. The van der Waals surface area contributed by atoms with Crippen LogP contribution in [0.3, 0.4) is 0 Å². The number of hydrogen-bond donors (Lipinski definition) is 1. The van der Waals surface area contributed by atoms with Crippen LogP contribution in [-0.4, -0.2) is 60.6 Å². The van der Waals surface area contributed by atoms with E-state index in [1.54, 1.807) is 23.1 Å². The van der Waals surface area contributed by atoms with E-state index in [0.717, 1.165) is 45.4 Å². The van der Waals surface area contributed by atoms with E-state index in [1.165, 1.54) is 0 Å². The fourth-order valence-corrected chi connectivity index (χ4v) is 4.94. The molecule has 0 saturated carbocycles. The van der Waals surface area contributed by atoms with Crippen molar-refractivity contribution < 1.29 is 9.59 Å². The lowest BCUT2D eigenvalue weighted by atomic mass is 10.1. The van der Waals surface area contributed by atoms with Gasteiger partial charge < -0.3 is 10.2 Å². The minimum atomic E-state index is 0.0000423. The molecule has 0 bridgehead atoms. The molecule has 1 saturated heterocycles. The van der Waals surface area contributed by atoms with Gasteiger partial charge in [-0.1, -0.05) is 18.2 Å². The van der Waals surface area contributed by atoms with Crippen LogP contribution in [0.15, 0.2) is 34.5 Å². The van der Waals surface area contributed by atoms with E-state index in [2.05, 4.69) is 10.2 Å². The van der Waals surface area contributed by atoms with E-state index >= 15 is 0 Å². The summed E-state index contributed by atoms with van der Waals surface area (Å²) in [5.74, 6) is 0.104. The Morgan fingerprint density at radius 3 is 2.50 bits per heavy atom. The average Bonchev–Trinajstić information content (AvgIpc) is 3.04. The second kappa shape index (κ2) is 9.58. The van der Waals surface area contributed by atoms with E-state index in [-0.39, 0.29) is 11.8 Å². The zero-order valence-electron chi connectivity index (χ0n) is 16.7. The number of para-hydroxylation sites is 1. The molecule has 2 heterocycles. The van der Waals surface area contributed by atoms with E-state index in [0.29, 0.717) is 19.6 Å². The minimum Gasteiger partial charge on any atom is -0.337 e. The first-order chi connectivity index (χ1) is 13.5. The van der Waals surface area contributed by atoms with Crippen LogP contribution in [0.2, 0.25) is 0 Å². The lowest BCUT2D eigenvalue weighted by Crippen LogP contribution is -2.38. The van der Waals surface area contributed by atoms with Crippen LogP contribution >= 0.6 is 23.1 Å². The van der Waals surface area contributed by atoms with E-state index in [1.807, 2.05) is 55.3 Å². The van der Waals surface area contributed by atoms with Crippen molar-refractivity contribution in [1.29, 1.82) is 0 Å². The topological polar surface area (TPSA) is 52.7 Å². The summed E-state index contributed by atoms with van der Waals surface area (Å²) in [5, 5.41) is 3.05. The predicted octanol–water partition coefficient (Wildman–Crippen LogP) is 3.87. The Labute approximate surface area is 175 Å². The molecule has 150 valence electrons. The number of benzene rings is 1. The number of nitrogens with one attached hydrogen (secondary N) is 1. The van der Waals surface area contributed by atoms with Crippen LogP contribution in [0.4, 0.5) is 5.69 Å². The molecule has 2 amide bonds. The molecule has 2 aromatic rings. The maximum atomic E-state index is 12.8. The Morgan fingerprint density at radius 1 is 1.07 bits per heavy atom. The largest absolute Gasteiger partial charge is 0.337 e. The van der Waals surface area contributed by atoms with Crippen LogP contribution in [0.1, 0.15) is 27.2 Å². The number of thioether (sulfide) groups is 1. The van der Waals surface area contributed by atoms with Gasteiger partial charge in [0.25, 0.3) is 5.91 Å². The molecule has 5 nitrogen and oxygen atoms in total. The molecule has 28 heavy (non-hydrogen) atoms. The van der Waals surface area contributed by atoms with Gasteiger partial charge in [-0.25, -0.2) is 0 Å². The fraction of sp³-hybridized carbons (Fsp3) is 0.429. The Hall–Kier alpha value is -1.83. The Bertz CT molecular complexity index is 830. The molecule has 1 N–H and O–H groups in total. The summed E-state index contributed by atoms with van der Waals surface area (Å²) in [4.78, 5) is 30.1. The van der Waals surface area contributed by atoms with Crippen molar-refractivity contribution in [2.45, 2.75) is 24.5 Å². The van der Waals surface area contributed by atoms with Crippen molar-refractivity contribution in [1.82, 2.24) is 9.80 Å². The standard InChI is InChI=1S/C21H27N3O2S2/c1-15-6-4-7-16(2)20(15)22-18(25)14-23-10-5-11-24(13-12-23)21(26)17-8-9-19(27-3)28-17/h4,6-9H,5,10-14H2,1-3H3,(H,22,25). The minimum absolute atomic E-state index is 0.0000423. The van der Waals surface area contributed by atoms with E-state index in [4.69, 9.17) is 0 Å². The number of nitrogens with zero attached hydrogens (tertiary/aromatic N) is 2. The summed E-state index contributed by atoms with van der Waals surface area (Å²) in [6, 6.07) is 9.93. The second-order valence-electron chi connectivity index (χ2n) is 7.06. The normalized spacial score (nSPS) is 15.3. The molecule has 0 radical (unpaired) electrons. The van der Waals surface area contributed by atoms with Gasteiger partial charge in [0.1, 0.15) is 0 Å². The van der Waals surface area contributed by atoms with Crippen LogP contribution in [0.25, 0.3) is 0 Å². The smallest absolute Gasteiger partial charge is 0.264 e. The average molecular weight is 418 g/mol. The number of carbonyl (C=O) groups excluding carboxylic acids is 2. The van der Waals surface area contributed by atoms with Crippen molar-refractivity contribution in [2.24, 2.45) is 0 Å². The summed E-state index contributed by atoms with van der Waals surface area (Å²) in [6.45, 7) is 7.29. The van der Waals surface area contributed by atoms with Crippen LogP contribution in [0.5, 0.6) is 0 Å². The van der Waals surface area contributed by atoms with Crippen molar-refractivity contribution in [3.63, 3.8) is 0 Å². The number of hydrogen-bond acceptors (Lipinski definition) is 5.